The number of nitrogens with zero attached hydrogens (tertiary/aromatic N) is 4. The fourth-order valence-corrected chi connectivity index (χ4v) is 6.17. The Morgan fingerprint density at radius 3 is 2.76 bits per heavy atom. The van der Waals surface area contributed by atoms with E-state index < -0.39 is 14.9 Å². The molecule has 10 nitrogen and oxygen atoms in total. The van der Waals surface area contributed by atoms with Gasteiger partial charge in [0, 0.05) is 32.8 Å². The Balaban J connectivity index is 1.80. The third-order valence-electron chi connectivity index (χ3n) is 4.27. The van der Waals surface area contributed by atoms with E-state index in [1.54, 1.807) is 7.11 Å². The number of hydrogen-bond donors (Lipinski definition) is 1. The highest BCUT2D eigenvalue weighted by Crippen LogP contribution is 2.38. The lowest BCUT2D eigenvalue weighted by Gasteiger charge is -2.25. The number of ether oxygens (including phenoxy) is 1. The van der Waals surface area contributed by atoms with Gasteiger partial charge in [-0.3, -0.25) is 10.1 Å². The predicted octanol–water partition coefficient (Wildman–Crippen LogP) is 2.83. The topological polar surface area (TPSA) is 128 Å². The summed E-state index contributed by atoms with van der Waals surface area (Å²) < 4.78 is 32.5. The molecule has 0 unspecified atom stereocenters. The molecule has 0 atom stereocenters. The van der Waals surface area contributed by atoms with E-state index >= 15 is 0 Å². The number of anilines is 1. The van der Waals surface area contributed by atoms with Gasteiger partial charge in [0.05, 0.1) is 21.3 Å². The van der Waals surface area contributed by atoms with E-state index in [1.807, 2.05) is 0 Å². The van der Waals surface area contributed by atoms with E-state index in [4.69, 9.17) is 4.74 Å². The maximum atomic E-state index is 12.8. The van der Waals surface area contributed by atoms with E-state index in [9.17, 15) is 18.5 Å². The molecule has 1 saturated heterocycles. The van der Waals surface area contributed by atoms with Crippen LogP contribution in [0.1, 0.15) is 19.3 Å². The zero-order valence-electron chi connectivity index (χ0n) is 15.7. The molecular formula is C16H21N5O5S3. The van der Waals surface area contributed by atoms with Gasteiger partial charge < -0.3 is 10.1 Å². The van der Waals surface area contributed by atoms with Crippen LogP contribution >= 0.6 is 23.1 Å². The Hall–Kier alpha value is -1.80. The molecule has 0 amide bonds. The zero-order valence-corrected chi connectivity index (χ0v) is 18.2. The largest absolute Gasteiger partial charge is 0.383 e. The molecule has 1 aromatic carbocycles. The Morgan fingerprint density at radius 2 is 2.07 bits per heavy atom. The van der Waals surface area contributed by atoms with Crippen LogP contribution in [-0.2, 0) is 14.8 Å². The highest BCUT2D eigenvalue weighted by atomic mass is 32.2. The van der Waals surface area contributed by atoms with Crippen molar-refractivity contribution in [2.75, 3.05) is 38.7 Å². The fraction of sp³-hybridized carbons (Fsp3) is 0.500. The molecular weight excluding hydrogens is 438 g/mol. The second kappa shape index (κ2) is 9.80. The Labute approximate surface area is 176 Å². The second-order valence-electron chi connectivity index (χ2n) is 6.25. The van der Waals surface area contributed by atoms with Crippen LogP contribution in [-0.4, -0.2) is 61.2 Å². The Morgan fingerprint density at radius 1 is 1.31 bits per heavy atom. The smallest absolute Gasteiger partial charge is 0.284 e. The van der Waals surface area contributed by atoms with Gasteiger partial charge in [-0.1, -0.05) is 17.8 Å². The minimum atomic E-state index is -3.74. The van der Waals surface area contributed by atoms with Crippen LogP contribution in [0.3, 0.4) is 0 Å². The monoisotopic (exact) mass is 459 g/mol. The highest BCUT2D eigenvalue weighted by Gasteiger charge is 2.29. The van der Waals surface area contributed by atoms with Gasteiger partial charge in [0.15, 0.2) is 4.34 Å². The van der Waals surface area contributed by atoms with Crippen LogP contribution in [0, 0.1) is 10.1 Å². The number of aromatic nitrogens is 2. The van der Waals surface area contributed by atoms with Gasteiger partial charge in [0.1, 0.15) is 0 Å². The van der Waals surface area contributed by atoms with Crippen LogP contribution in [0.15, 0.2) is 32.3 Å². The summed E-state index contributed by atoms with van der Waals surface area (Å²) in [6.07, 6.45) is 2.59. The maximum Gasteiger partial charge on any atom is 0.284 e. The molecule has 158 valence electrons. The van der Waals surface area contributed by atoms with E-state index in [2.05, 4.69) is 15.5 Å². The second-order valence-corrected chi connectivity index (χ2v) is 10.5. The first-order valence-electron chi connectivity index (χ1n) is 8.94. The van der Waals surface area contributed by atoms with E-state index in [1.165, 1.54) is 27.8 Å². The van der Waals surface area contributed by atoms with Crippen molar-refractivity contribution < 1.29 is 18.1 Å². The molecule has 0 spiro atoms. The Bertz CT molecular complexity index is 960. The van der Waals surface area contributed by atoms with Crippen LogP contribution in [0.2, 0.25) is 0 Å². The molecule has 1 N–H and O–H groups in total. The molecule has 3 rings (SSSR count). The van der Waals surface area contributed by atoms with Crippen LogP contribution in [0.25, 0.3) is 0 Å². The van der Waals surface area contributed by atoms with Gasteiger partial charge in [-0.25, -0.2) is 8.42 Å². The number of hydrogen-bond acceptors (Lipinski definition) is 10. The third kappa shape index (κ3) is 5.42. The van der Waals surface area contributed by atoms with E-state index in [-0.39, 0.29) is 10.6 Å². The number of rotatable bonds is 9. The predicted molar refractivity (Wildman–Crippen MR) is 110 cm³/mol. The first-order valence-corrected chi connectivity index (χ1v) is 12.0. The molecule has 0 saturated carbocycles. The summed E-state index contributed by atoms with van der Waals surface area (Å²) in [5.74, 6) is 0. The van der Waals surface area contributed by atoms with Crippen molar-refractivity contribution in [3.05, 3.63) is 28.3 Å². The molecule has 0 bridgehead atoms. The summed E-state index contributed by atoms with van der Waals surface area (Å²) in [5.41, 5.74) is -0.267. The first kappa shape index (κ1) is 21.9. The quantitative estimate of drug-likeness (QED) is 0.342. The van der Waals surface area contributed by atoms with Gasteiger partial charge in [0.25, 0.3) is 5.69 Å². The summed E-state index contributed by atoms with van der Waals surface area (Å²) in [5, 5.41) is 23.2. The van der Waals surface area contributed by atoms with Crippen molar-refractivity contribution in [3.8, 4) is 0 Å². The van der Waals surface area contributed by atoms with Crippen molar-refractivity contribution in [1.29, 1.82) is 0 Å². The molecule has 2 heterocycles. The SMILES string of the molecule is COCCNc1nnc(Sc2ccc(S(=O)(=O)N3CCCCC3)cc2[N+](=O)[O-])s1. The molecule has 1 fully saturated rings. The molecule has 13 heteroatoms. The normalized spacial score (nSPS) is 15.3. The number of benzene rings is 1. The molecule has 2 aromatic rings. The lowest BCUT2D eigenvalue weighted by molar-refractivity contribution is -0.388. The number of nitro benzene ring substituents is 1. The number of methoxy groups -OCH3 is 1. The fourth-order valence-electron chi connectivity index (χ4n) is 2.82. The third-order valence-corrected chi connectivity index (χ3v) is 8.16. The summed E-state index contributed by atoms with van der Waals surface area (Å²) in [7, 11) is -2.15. The number of nitro groups is 1. The molecule has 0 aliphatic carbocycles. The van der Waals surface area contributed by atoms with Crippen molar-refractivity contribution in [1.82, 2.24) is 14.5 Å². The lowest BCUT2D eigenvalue weighted by Crippen LogP contribution is -2.35. The average Bonchev–Trinajstić information content (AvgIpc) is 3.16. The molecule has 0 radical (unpaired) electrons. The van der Waals surface area contributed by atoms with E-state index in [0.717, 1.165) is 37.1 Å². The van der Waals surface area contributed by atoms with Gasteiger partial charge >= 0.3 is 0 Å². The van der Waals surface area contributed by atoms with Gasteiger partial charge in [-0.05, 0) is 36.7 Å². The first-order chi connectivity index (χ1) is 13.9. The van der Waals surface area contributed by atoms with Gasteiger partial charge in [-0.2, -0.15) is 4.31 Å². The minimum absolute atomic E-state index is 0.0605. The van der Waals surface area contributed by atoms with E-state index in [0.29, 0.717) is 40.6 Å². The lowest BCUT2D eigenvalue weighted by atomic mass is 10.2. The summed E-state index contributed by atoms with van der Waals surface area (Å²) in [6.45, 7) is 1.96. The molecule has 1 aliphatic heterocycles. The van der Waals surface area contributed by atoms with Crippen molar-refractivity contribution in [2.24, 2.45) is 0 Å². The molecule has 29 heavy (non-hydrogen) atoms. The van der Waals surface area contributed by atoms with Crippen LogP contribution < -0.4 is 5.32 Å². The average molecular weight is 460 g/mol. The van der Waals surface area contributed by atoms with Gasteiger partial charge in [-0.15, -0.1) is 10.2 Å². The van der Waals surface area contributed by atoms with Gasteiger partial charge in [0.2, 0.25) is 15.2 Å². The van der Waals surface area contributed by atoms with Crippen molar-refractivity contribution in [3.63, 3.8) is 0 Å². The van der Waals surface area contributed by atoms with Crippen molar-refractivity contribution in [2.45, 2.75) is 33.4 Å². The standard InChI is InChI=1S/C16H21N5O5S3/c1-26-10-7-17-15-18-19-16(28-15)27-14-6-5-12(11-13(14)21(22)23)29(24,25)20-8-3-2-4-9-20/h5-6,11H,2-4,7-10H2,1H3,(H,17,18). The minimum Gasteiger partial charge on any atom is -0.383 e. The highest BCUT2D eigenvalue weighted by molar-refractivity contribution is 8.01. The zero-order chi connectivity index (χ0) is 20.9. The van der Waals surface area contributed by atoms with Crippen molar-refractivity contribution >= 4 is 43.9 Å². The summed E-state index contributed by atoms with van der Waals surface area (Å²) >= 11 is 2.34. The molecule has 1 aliphatic rings. The number of piperidine rings is 1. The summed E-state index contributed by atoms with van der Waals surface area (Å²) in [4.78, 5) is 11.3. The van der Waals surface area contributed by atoms with Crippen LogP contribution in [0.4, 0.5) is 10.8 Å². The number of nitrogens with one attached hydrogen (secondary N) is 1. The van der Waals surface area contributed by atoms with Crippen LogP contribution in [0.5, 0.6) is 0 Å². The summed E-state index contributed by atoms with van der Waals surface area (Å²) in [6, 6.07) is 4.00. The Kier molecular flexibility index (Phi) is 7.40. The maximum absolute atomic E-state index is 12.8. The molecule has 1 aromatic heterocycles. The number of sulfonamides is 1.